The number of amides is 1. The van der Waals surface area contributed by atoms with E-state index >= 15 is 0 Å². The summed E-state index contributed by atoms with van der Waals surface area (Å²) in [4.78, 5) is 12.0. The van der Waals surface area contributed by atoms with Gasteiger partial charge in [0, 0.05) is 26.6 Å². The molecule has 0 aromatic heterocycles. The number of hydrogen-bond donors (Lipinski definition) is 1. The second-order valence-electron chi connectivity index (χ2n) is 4.29. The molecule has 104 valence electrons. The molecule has 0 atom stereocenters. The van der Waals surface area contributed by atoms with E-state index in [9.17, 15) is 4.79 Å². The van der Waals surface area contributed by atoms with E-state index in [0.29, 0.717) is 22.2 Å². The van der Waals surface area contributed by atoms with Crippen molar-refractivity contribution in [3.8, 4) is 0 Å². The van der Waals surface area contributed by atoms with Gasteiger partial charge in [0.25, 0.3) is 5.91 Å². The molecule has 2 rings (SSSR count). The fourth-order valence-electron chi connectivity index (χ4n) is 1.76. The summed E-state index contributed by atoms with van der Waals surface area (Å²) in [6.07, 6.45) is 0.755. The largest absolute Gasteiger partial charge is 0.352 e. The normalized spacial score (nSPS) is 10.3. The van der Waals surface area contributed by atoms with Crippen molar-refractivity contribution in [1.29, 1.82) is 0 Å². The Hall–Kier alpha value is -1.03. The summed E-state index contributed by atoms with van der Waals surface area (Å²) in [6.45, 7) is 0.560. The Labute approximate surface area is 136 Å². The smallest absolute Gasteiger partial charge is 0.251 e. The molecular weight excluding hydrogens is 361 g/mol. The molecule has 0 spiro atoms. The number of rotatable bonds is 4. The van der Waals surface area contributed by atoms with Crippen LogP contribution in [0, 0.1) is 0 Å². The lowest BCUT2D eigenvalue weighted by atomic mass is 10.1. The molecule has 0 aliphatic rings. The first kappa shape index (κ1) is 15.4. The molecule has 0 aliphatic carbocycles. The summed E-state index contributed by atoms with van der Waals surface area (Å²) in [5.74, 6) is -0.137. The predicted octanol–water partition coefficient (Wildman–Crippen LogP) is 4.73. The van der Waals surface area contributed by atoms with E-state index in [0.717, 1.165) is 16.5 Å². The van der Waals surface area contributed by atoms with Gasteiger partial charge in [0.05, 0.1) is 0 Å². The standard InChI is InChI=1S/C15H12BrCl2NO/c16-12-7-11(8-14(18)9-12)15(20)19-6-5-10-1-3-13(17)4-2-10/h1-4,7-9H,5-6H2,(H,19,20). The van der Waals surface area contributed by atoms with Gasteiger partial charge in [-0.1, -0.05) is 51.3 Å². The van der Waals surface area contributed by atoms with E-state index in [-0.39, 0.29) is 5.91 Å². The Morgan fingerprint density at radius 2 is 1.75 bits per heavy atom. The maximum atomic E-state index is 12.0. The average Bonchev–Trinajstić information content (AvgIpc) is 2.40. The van der Waals surface area contributed by atoms with E-state index in [2.05, 4.69) is 21.2 Å². The van der Waals surface area contributed by atoms with Crippen LogP contribution in [0.3, 0.4) is 0 Å². The number of carbonyl (C=O) groups is 1. The van der Waals surface area contributed by atoms with Gasteiger partial charge in [-0.3, -0.25) is 4.79 Å². The van der Waals surface area contributed by atoms with Crippen LogP contribution >= 0.6 is 39.1 Å². The third kappa shape index (κ3) is 4.51. The fraction of sp³-hybridized carbons (Fsp3) is 0.133. The third-order valence-electron chi connectivity index (χ3n) is 2.74. The summed E-state index contributed by atoms with van der Waals surface area (Å²) in [7, 11) is 0. The van der Waals surface area contributed by atoms with Gasteiger partial charge < -0.3 is 5.32 Å². The molecule has 2 aromatic rings. The Morgan fingerprint density at radius 3 is 2.40 bits per heavy atom. The van der Waals surface area contributed by atoms with Gasteiger partial charge in [0.2, 0.25) is 0 Å². The minimum atomic E-state index is -0.137. The SMILES string of the molecule is O=C(NCCc1ccc(Cl)cc1)c1cc(Cl)cc(Br)c1. The Bertz CT molecular complexity index is 594. The van der Waals surface area contributed by atoms with Gasteiger partial charge in [0.1, 0.15) is 0 Å². The molecule has 2 nitrogen and oxygen atoms in total. The molecule has 20 heavy (non-hydrogen) atoms. The zero-order valence-corrected chi connectivity index (χ0v) is 13.6. The van der Waals surface area contributed by atoms with Crippen molar-refractivity contribution in [3.63, 3.8) is 0 Å². The summed E-state index contributed by atoms with van der Waals surface area (Å²) in [5.41, 5.74) is 1.67. The number of nitrogens with one attached hydrogen (secondary N) is 1. The van der Waals surface area contributed by atoms with Crippen molar-refractivity contribution in [1.82, 2.24) is 5.32 Å². The predicted molar refractivity (Wildman–Crippen MR) is 86.6 cm³/mol. The van der Waals surface area contributed by atoms with E-state index in [1.54, 1.807) is 18.2 Å². The highest BCUT2D eigenvalue weighted by atomic mass is 79.9. The van der Waals surface area contributed by atoms with Crippen LogP contribution in [0.2, 0.25) is 10.0 Å². The highest BCUT2D eigenvalue weighted by molar-refractivity contribution is 9.10. The highest BCUT2D eigenvalue weighted by Crippen LogP contribution is 2.19. The highest BCUT2D eigenvalue weighted by Gasteiger charge is 2.07. The molecule has 1 amide bonds. The van der Waals surface area contributed by atoms with Gasteiger partial charge in [0.15, 0.2) is 0 Å². The lowest BCUT2D eigenvalue weighted by Gasteiger charge is -2.06. The van der Waals surface area contributed by atoms with E-state index < -0.39 is 0 Å². The van der Waals surface area contributed by atoms with Crippen molar-refractivity contribution in [2.75, 3.05) is 6.54 Å². The second-order valence-corrected chi connectivity index (χ2v) is 6.08. The van der Waals surface area contributed by atoms with Gasteiger partial charge in [-0.25, -0.2) is 0 Å². The summed E-state index contributed by atoms with van der Waals surface area (Å²) in [6, 6.07) is 12.7. The topological polar surface area (TPSA) is 29.1 Å². The summed E-state index contributed by atoms with van der Waals surface area (Å²) in [5, 5.41) is 4.10. The first-order valence-electron chi connectivity index (χ1n) is 6.03. The van der Waals surface area contributed by atoms with Crippen molar-refractivity contribution in [2.45, 2.75) is 6.42 Å². The van der Waals surface area contributed by atoms with Crippen LogP contribution in [-0.4, -0.2) is 12.5 Å². The van der Waals surface area contributed by atoms with Crippen LogP contribution in [0.1, 0.15) is 15.9 Å². The van der Waals surface area contributed by atoms with Crippen molar-refractivity contribution in [3.05, 3.63) is 68.1 Å². The third-order valence-corrected chi connectivity index (χ3v) is 3.67. The maximum Gasteiger partial charge on any atom is 0.251 e. The molecule has 5 heteroatoms. The van der Waals surface area contributed by atoms with Gasteiger partial charge in [-0.2, -0.15) is 0 Å². The Morgan fingerprint density at radius 1 is 1.05 bits per heavy atom. The fourth-order valence-corrected chi connectivity index (χ4v) is 2.74. The zero-order chi connectivity index (χ0) is 14.5. The van der Waals surface area contributed by atoms with Crippen molar-refractivity contribution < 1.29 is 4.79 Å². The quantitative estimate of drug-likeness (QED) is 0.825. The molecule has 0 unspecified atom stereocenters. The Kier molecular flexibility index (Phi) is 5.46. The molecule has 0 saturated carbocycles. The Balaban J connectivity index is 1.90. The molecule has 0 radical (unpaired) electrons. The first-order chi connectivity index (χ1) is 9.54. The van der Waals surface area contributed by atoms with Gasteiger partial charge >= 0.3 is 0 Å². The van der Waals surface area contributed by atoms with Crippen LogP contribution < -0.4 is 5.32 Å². The van der Waals surface area contributed by atoms with Crippen molar-refractivity contribution >= 4 is 45.0 Å². The van der Waals surface area contributed by atoms with Crippen LogP contribution in [0.4, 0.5) is 0 Å². The van der Waals surface area contributed by atoms with Gasteiger partial charge in [-0.15, -0.1) is 0 Å². The minimum Gasteiger partial charge on any atom is -0.352 e. The molecule has 0 saturated heterocycles. The number of carbonyl (C=O) groups excluding carboxylic acids is 1. The van der Waals surface area contributed by atoms with Gasteiger partial charge in [-0.05, 0) is 42.3 Å². The molecule has 0 aliphatic heterocycles. The molecular formula is C15H12BrCl2NO. The van der Waals surface area contributed by atoms with Crippen LogP contribution in [-0.2, 0) is 6.42 Å². The van der Waals surface area contributed by atoms with Crippen molar-refractivity contribution in [2.24, 2.45) is 0 Å². The van der Waals surface area contributed by atoms with Crippen LogP contribution in [0.5, 0.6) is 0 Å². The molecule has 0 bridgehead atoms. The summed E-state index contributed by atoms with van der Waals surface area (Å²) < 4.78 is 0.785. The maximum absolute atomic E-state index is 12.0. The molecule has 0 fully saturated rings. The monoisotopic (exact) mass is 371 g/mol. The molecule has 2 aromatic carbocycles. The molecule has 1 N–H and O–H groups in total. The number of benzene rings is 2. The molecule has 0 heterocycles. The van der Waals surface area contributed by atoms with Crippen LogP contribution in [0.25, 0.3) is 0 Å². The number of halogens is 3. The second kappa shape index (κ2) is 7.11. The van der Waals surface area contributed by atoms with Crippen LogP contribution in [0.15, 0.2) is 46.9 Å². The lowest BCUT2D eigenvalue weighted by Crippen LogP contribution is -2.25. The minimum absolute atomic E-state index is 0.137. The van der Waals surface area contributed by atoms with E-state index in [1.165, 1.54) is 0 Å². The number of hydrogen-bond acceptors (Lipinski definition) is 1. The van der Waals surface area contributed by atoms with E-state index in [4.69, 9.17) is 23.2 Å². The van der Waals surface area contributed by atoms with E-state index in [1.807, 2.05) is 24.3 Å². The first-order valence-corrected chi connectivity index (χ1v) is 7.58. The zero-order valence-electron chi connectivity index (χ0n) is 10.5. The average molecular weight is 373 g/mol. The lowest BCUT2D eigenvalue weighted by molar-refractivity contribution is 0.0954. The summed E-state index contributed by atoms with van der Waals surface area (Å²) >= 11 is 15.1.